The summed E-state index contributed by atoms with van der Waals surface area (Å²) < 4.78 is 0. The summed E-state index contributed by atoms with van der Waals surface area (Å²) in [5.41, 5.74) is 6.90. The Bertz CT molecular complexity index is 387. The van der Waals surface area contributed by atoms with Crippen LogP contribution in [0, 0.1) is 0 Å². The molecular formula is C14H22N2OS. The number of benzene rings is 1. The van der Waals surface area contributed by atoms with Gasteiger partial charge in [0.05, 0.1) is 0 Å². The fourth-order valence-electron chi connectivity index (χ4n) is 1.67. The number of amidine groups is 1. The second kappa shape index (κ2) is 7.31. The lowest BCUT2D eigenvalue weighted by Crippen LogP contribution is -2.18. The third-order valence-electron chi connectivity index (χ3n) is 2.87. The summed E-state index contributed by atoms with van der Waals surface area (Å²) in [4.78, 5) is 1.23. The highest BCUT2D eigenvalue weighted by Crippen LogP contribution is 2.28. The lowest BCUT2D eigenvalue weighted by Gasteiger charge is -2.14. The molecule has 0 radical (unpaired) electrons. The first-order valence-electron chi connectivity index (χ1n) is 6.29. The molecule has 0 saturated heterocycles. The van der Waals surface area contributed by atoms with Gasteiger partial charge in [-0.1, -0.05) is 38.1 Å². The van der Waals surface area contributed by atoms with Gasteiger partial charge in [-0.2, -0.15) is 0 Å². The van der Waals surface area contributed by atoms with Gasteiger partial charge in [-0.05, 0) is 30.0 Å². The van der Waals surface area contributed by atoms with Crippen molar-refractivity contribution in [3.63, 3.8) is 0 Å². The van der Waals surface area contributed by atoms with E-state index in [2.05, 4.69) is 50.2 Å². The second-order valence-corrected chi connectivity index (χ2v) is 6.04. The molecule has 3 nitrogen and oxygen atoms in total. The highest BCUT2D eigenvalue weighted by molar-refractivity contribution is 8.00. The normalized spacial score (nSPS) is 13.9. The molecule has 1 atom stereocenters. The van der Waals surface area contributed by atoms with Crippen molar-refractivity contribution in [2.45, 2.75) is 49.7 Å². The number of nitrogens with zero attached hydrogens (tertiary/aromatic N) is 1. The molecule has 0 aliphatic heterocycles. The molecule has 100 valence electrons. The number of oxime groups is 1. The first-order valence-corrected chi connectivity index (χ1v) is 7.17. The van der Waals surface area contributed by atoms with Crippen LogP contribution >= 0.6 is 11.8 Å². The van der Waals surface area contributed by atoms with Crippen molar-refractivity contribution in [1.29, 1.82) is 0 Å². The maximum atomic E-state index is 8.60. The first-order chi connectivity index (χ1) is 8.56. The Balaban J connectivity index is 2.64. The summed E-state index contributed by atoms with van der Waals surface area (Å²) in [5, 5.41) is 12.0. The SMILES string of the molecule is CCC(C/C(N)=N/O)Sc1ccc(C(C)C)cc1. The molecule has 0 aliphatic rings. The average Bonchev–Trinajstić information content (AvgIpc) is 2.38. The van der Waals surface area contributed by atoms with Crippen molar-refractivity contribution < 1.29 is 5.21 Å². The van der Waals surface area contributed by atoms with E-state index in [0.29, 0.717) is 23.4 Å². The van der Waals surface area contributed by atoms with Crippen molar-refractivity contribution in [2.75, 3.05) is 0 Å². The van der Waals surface area contributed by atoms with E-state index in [4.69, 9.17) is 10.9 Å². The molecule has 0 spiro atoms. The summed E-state index contributed by atoms with van der Waals surface area (Å²) >= 11 is 1.78. The Hall–Kier alpha value is -1.16. The quantitative estimate of drug-likeness (QED) is 0.270. The minimum atomic E-state index is 0.299. The van der Waals surface area contributed by atoms with Crippen LogP contribution in [0.5, 0.6) is 0 Å². The van der Waals surface area contributed by atoms with Gasteiger partial charge in [0.1, 0.15) is 5.84 Å². The van der Waals surface area contributed by atoms with Gasteiger partial charge < -0.3 is 10.9 Å². The zero-order valence-corrected chi connectivity index (χ0v) is 12.1. The standard InChI is InChI=1S/C14H22N2OS/c1-4-12(9-14(15)16-17)18-13-7-5-11(6-8-13)10(2)3/h5-8,10,12,17H,4,9H2,1-3H3,(H2,15,16). The topological polar surface area (TPSA) is 58.6 Å². The molecule has 1 unspecified atom stereocenters. The van der Waals surface area contributed by atoms with E-state index in [1.807, 2.05) is 0 Å². The lowest BCUT2D eigenvalue weighted by molar-refractivity contribution is 0.316. The summed E-state index contributed by atoms with van der Waals surface area (Å²) in [6.07, 6.45) is 1.61. The molecule has 1 rings (SSSR count). The highest BCUT2D eigenvalue weighted by Gasteiger charge is 2.11. The van der Waals surface area contributed by atoms with Crippen LogP contribution in [0.3, 0.4) is 0 Å². The number of nitrogens with two attached hydrogens (primary N) is 1. The van der Waals surface area contributed by atoms with Crippen molar-refractivity contribution in [1.82, 2.24) is 0 Å². The van der Waals surface area contributed by atoms with Crippen molar-refractivity contribution in [3.8, 4) is 0 Å². The van der Waals surface area contributed by atoms with E-state index >= 15 is 0 Å². The predicted molar refractivity (Wildman–Crippen MR) is 78.5 cm³/mol. The Morgan fingerprint density at radius 3 is 2.39 bits per heavy atom. The van der Waals surface area contributed by atoms with Crippen molar-refractivity contribution in [2.24, 2.45) is 10.9 Å². The zero-order chi connectivity index (χ0) is 13.5. The Morgan fingerprint density at radius 1 is 1.33 bits per heavy atom. The Kier molecular flexibility index (Phi) is 6.05. The number of hydrogen-bond acceptors (Lipinski definition) is 3. The first kappa shape index (κ1) is 14.9. The molecule has 3 N–H and O–H groups in total. The molecule has 4 heteroatoms. The molecule has 18 heavy (non-hydrogen) atoms. The van der Waals surface area contributed by atoms with Gasteiger partial charge >= 0.3 is 0 Å². The molecule has 0 fully saturated rings. The van der Waals surface area contributed by atoms with E-state index in [1.165, 1.54) is 10.5 Å². The van der Waals surface area contributed by atoms with Crippen LogP contribution in [0.1, 0.15) is 45.1 Å². The minimum Gasteiger partial charge on any atom is -0.409 e. The monoisotopic (exact) mass is 266 g/mol. The molecule has 0 aromatic heterocycles. The number of hydrogen-bond donors (Lipinski definition) is 2. The van der Waals surface area contributed by atoms with Crippen LogP contribution in [-0.2, 0) is 0 Å². The predicted octanol–water partition coefficient (Wildman–Crippen LogP) is 3.82. The third kappa shape index (κ3) is 4.61. The van der Waals surface area contributed by atoms with Crippen LogP contribution < -0.4 is 5.73 Å². The minimum absolute atomic E-state index is 0.299. The summed E-state index contributed by atoms with van der Waals surface area (Å²) in [6.45, 7) is 6.50. The van der Waals surface area contributed by atoms with Crippen LogP contribution in [0.15, 0.2) is 34.3 Å². The largest absolute Gasteiger partial charge is 0.409 e. The molecule has 1 aromatic rings. The van der Waals surface area contributed by atoms with Gasteiger partial charge in [0.2, 0.25) is 0 Å². The van der Waals surface area contributed by atoms with Crippen molar-refractivity contribution >= 4 is 17.6 Å². The van der Waals surface area contributed by atoms with Gasteiger partial charge in [0.25, 0.3) is 0 Å². The van der Waals surface area contributed by atoms with E-state index in [1.54, 1.807) is 11.8 Å². The van der Waals surface area contributed by atoms with Crippen LogP contribution in [-0.4, -0.2) is 16.3 Å². The number of thioether (sulfide) groups is 1. The van der Waals surface area contributed by atoms with Crippen LogP contribution in [0.2, 0.25) is 0 Å². The fraction of sp³-hybridized carbons (Fsp3) is 0.500. The molecule has 0 aliphatic carbocycles. The Morgan fingerprint density at radius 2 is 1.94 bits per heavy atom. The average molecular weight is 266 g/mol. The molecule has 0 amide bonds. The maximum absolute atomic E-state index is 8.60. The summed E-state index contributed by atoms with van der Waals surface area (Å²) in [5.74, 6) is 0.858. The number of rotatable bonds is 6. The van der Waals surface area contributed by atoms with Gasteiger partial charge in [-0.15, -0.1) is 11.8 Å². The Labute approximate surface area is 113 Å². The lowest BCUT2D eigenvalue weighted by atomic mass is 10.0. The fourth-order valence-corrected chi connectivity index (χ4v) is 2.77. The summed E-state index contributed by atoms with van der Waals surface area (Å²) in [6, 6.07) is 8.64. The van der Waals surface area contributed by atoms with Gasteiger partial charge in [0, 0.05) is 16.6 Å². The smallest absolute Gasteiger partial charge is 0.140 e. The van der Waals surface area contributed by atoms with Gasteiger partial charge in [-0.25, -0.2) is 0 Å². The third-order valence-corrected chi connectivity index (χ3v) is 4.25. The van der Waals surface area contributed by atoms with Crippen molar-refractivity contribution in [3.05, 3.63) is 29.8 Å². The van der Waals surface area contributed by atoms with E-state index in [9.17, 15) is 0 Å². The molecule has 0 bridgehead atoms. The molecule has 0 heterocycles. The second-order valence-electron chi connectivity index (χ2n) is 4.67. The highest BCUT2D eigenvalue weighted by atomic mass is 32.2. The van der Waals surface area contributed by atoms with Gasteiger partial charge in [0.15, 0.2) is 0 Å². The summed E-state index contributed by atoms with van der Waals surface area (Å²) in [7, 11) is 0. The van der Waals surface area contributed by atoms with E-state index in [-0.39, 0.29) is 0 Å². The van der Waals surface area contributed by atoms with Crippen LogP contribution in [0.25, 0.3) is 0 Å². The molecule has 1 aromatic carbocycles. The molecular weight excluding hydrogens is 244 g/mol. The maximum Gasteiger partial charge on any atom is 0.140 e. The molecule has 0 saturated carbocycles. The van der Waals surface area contributed by atoms with E-state index in [0.717, 1.165) is 6.42 Å². The zero-order valence-electron chi connectivity index (χ0n) is 11.3. The van der Waals surface area contributed by atoms with E-state index < -0.39 is 0 Å². The van der Waals surface area contributed by atoms with Crippen LogP contribution in [0.4, 0.5) is 0 Å². The van der Waals surface area contributed by atoms with Gasteiger partial charge in [-0.3, -0.25) is 0 Å².